The highest BCUT2D eigenvalue weighted by molar-refractivity contribution is 7.15. The van der Waals surface area contributed by atoms with Crippen molar-refractivity contribution in [3.63, 3.8) is 0 Å². The van der Waals surface area contributed by atoms with Crippen LogP contribution in [0, 0.1) is 5.92 Å². The molecule has 1 saturated heterocycles. The number of aryl methyl sites for hydroxylation is 1. The Bertz CT molecular complexity index is 726. The fraction of sp³-hybridized carbons (Fsp3) is 0.625. The van der Waals surface area contributed by atoms with E-state index in [4.69, 9.17) is 14.2 Å². The van der Waals surface area contributed by atoms with E-state index < -0.39 is 0 Å². The van der Waals surface area contributed by atoms with Crippen LogP contribution in [0.25, 0.3) is 0 Å². The third-order valence-corrected chi connectivity index (χ3v) is 5.94. The van der Waals surface area contributed by atoms with Gasteiger partial charge in [-0.05, 0) is 12.8 Å². The summed E-state index contributed by atoms with van der Waals surface area (Å²) in [4.78, 5) is 26.8. The molecule has 1 amide bonds. The molecule has 9 heteroatoms. The molecular formula is C16H21N5O3S. The predicted octanol–water partition coefficient (Wildman–Crippen LogP) is 1.13. The molecule has 8 nitrogen and oxygen atoms in total. The lowest BCUT2D eigenvalue weighted by Crippen LogP contribution is -2.36. The number of carbonyl (C=O) groups is 1. The van der Waals surface area contributed by atoms with Crippen LogP contribution in [-0.4, -0.2) is 59.3 Å². The van der Waals surface area contributed by atoms with Gasteiger partial charge in [0.1, 0.15) is 0 Å². The summed E-state index contributed by atoms with van der Waals surface area (Å²) in [6.45, 7) is 3.66. The first-order valence-corrected chi connectivity index (χ1v) is 9.34. The summed E-state index contributed by atoms with van der Waals surface area (Å²) in [6, 6.07) is 0. The number of carbonyl (C=O) groups excluding carboxylic acids is 1. The molecule has 1 fully saturated rings. The van der Waals surface area contributed by atoms with Gasteiger partial charge in [0.15, 0.2) is 11.0 Å². The van der Waals surface area contributed by atoms with Crippen molar-refractivity contribution in [1.29, 1.82) is 0 Å². The van der Waals surface area contributed by atoms with E-state index in [1.54, 1.807) is 23.3 Å². The molecular weight excluding hydrogens is 342 g/mol. The third kappa shape index (κ3) is 3.52. The third-order valence-electron chi connectivity index (χ3n) is 4.72. The van der Waals surface area contributed by atoms with E-state index in [0.29, 0.717) is 18.8 Å². The molecule has 2 aromatic heterocycles. The lowest BCUT2D eigenvalue weighted by molar-refractivity contribution is -0.135. The fourth-order valence-electron chi connectivity index (χ4n) is 3.33. The van der Waals surface area contributed by atoms with Gasteiger partial charge >= 0.3 is 0 Å². The minimum atomic E-state index is -0.0240. The molecule has 2 aliphatic rings. The largest absolute Gasteiger partial charge is 0.378 e. The highest BCUT2D eigenvalue weighted by Gasteiger charge is 2.30. The van der Waals surface area contributed by atoms with Gasteiger partial charge in [-0.2, -0.15) is 4.98 Å². The van der Waals surface area contributed by atoms with E-state index in [1.165, 1.54) is 11.3 Å². The van der Waals surface area contributed by atoms with Gasteiger partial charge < -0.3 is 19.1 Å². The van der Waals surface area contributed by atoms with Crippen LogP contribution in [0.3, 0.4) is 0 Å². The fourth-order valence-corrected chi connectivity index (χ4v) is 4.48. The maximum absolute atomic E-state index is 12.7. The molecule has 1 unspecified atom stereocenters. The Hall–Kier alpha value is -2.00. The van der Waals surface area contributed by atoms with Crippen LogP contribution in [0.4, 0.5) is 5.13 Å². The summed E-state index contributed by atoms with van der Waals surface area (Å²) in [5, 5.41) is 4.84. The molecule has 0 bridgehead atoms. The number of fused-ring (bicyclic) bond motifs is 1. The summed E-state index contributed by atoms with van der Waals surface area (Å²) < 4.78 is 10.1. The van der Waals surface area contributed by atoms with Crippen molar-refractivity contribution < 1.29 is 14.1 Å². The van der Waals surface area contributed by atoms with Gasteiger partial charge in [0, 0.05) is 37.4 Å². The van der Waals surface area contributed by atoms with Crippen LogP contribution in [0.5, 0.6) is 0 Å². The van der Waals surface area contributed by atoms with Crippen LogP contribution >= 0.6 is 11.3 Å². The van der Waals surface area contributed by atoms with Gasteiger partial charge in [0.2, 0.25) is 12.3 Å². The van der Waals surface area contributed by atoms with Crippen molar-refractivity contribution in [3.05, 3.63) is 22.8 Å². The molecule has 25 heavy (non-hydrogen) atoms. The predicted molar refractivity (Wildman–Crippen MR) is 91.4 cm³/mol. The lowest BCUT2D eigenvalue weighted by Gasteiger charge is -2.26. The number of morpholine rings is 1. The summed E-state index contributed by atoms with van der Waals surface area (Å²) in [6.07, 6.45) is 3.78. The van der Waals surface area contributed by atoms with E-state index in [2.05, 4.69) is 15.0 Å². The summed E-state index contributed by atoms with van der Waals surface area (Å²) in [5.41, 5.74) is 1.09. The number of ether oxygens (including phenoxy) is 1. The van der Waals surface area contributed by atoms with Gasteiger partial charge in [-0.15, -0.1) is 11.3 Å². The molecule has 1 atom stereocenters. The summed E-state index contributed by atoms with van der Waals surface area (Å²) in [5.74, 6) is 0.621. The molecule has 134 valence electrons. The minimum Gasteiger partial charge on any atom is -0.378 e. The molecule has 0 saturated carbocycles. The number of thiazole rings is 1. The van der Waals surface area contributed by atoms with E-state index in [-0.39, 0.29) is 11.8 Å². The zero-order chi connectivity index (χ0) is 17.2. The zero-order valence-electron chi connectivity index (χ0n) is 14.2. The Morgan fingerprint density at radius 3 is 3.04 bits per heavy atom. The standard InChI is InChI=1S/C16H21N5O3S/c1-20(9-14-17-10-24-19-14)15(22)11-2-3-13-12(8-11)18-16(25-13)21-4-6-23-7-5-21/h10-11H,2-9H2,1H3. The molecule has 1 aliphatic heterocycles. The number of rotatable bonds is 4. The van der Waals surface area contributed by atoms with Gasteiger partial charge in [0.25, 0.3) is 0 Å². The van der Waals surface area contributed by atoms with E-state index in [0.717, 1.165) is 50.0 Å². The molecule has 0 radical (unpaired) electrons. The first-order valence-electron chi connectivity index (χ1n) is 8.52. The minimum absolute atomic E-state index is 0.0240. The molecule has 0 aromatic carbocycles. The lowest BCUT2D eigenvalue weighted by atomic mass is 9.90. The molecule has 3 heterocycles. The Kier molecular flexibility index (Phi) is 4.67. The van der Waals surface area contributed by atoms with Crippen LogP contribution in [0.15, 0.2) is 10.9 Å². The Balaban J connectivity index is 1.41. The van der Waals surface area contributed by atoms with E-state index >= 15 is 0 Å². The van der Waals surface area contributed by atoms with Crippen molar-refractivity contribution in [1.82, 2.24) is 20.0 Å². The second-order valence-electron chi connectivity index (χ2n) is 6.45. The van der Waals surface area contributed by atoms with Gasteiger partial charge in [-0.1, -0.05) is 5.16 Å². The van der Waals surface area contributed by atoms with Crippen LogP contribution in [-0.2, 0) is 28.9 Å². The Morgan fingerprint density at radius 1 is 1.44 bits per heavy atom. The van der Waals surface area contributed by atoms with Gasteiger partial charge in [-0.25, -0.2) is 4.98 Å². The van der Waals surface area contributed by atoms with E-state index in [1.807, 2.05) is 0 Å². The van der Waals surface area contributed by atoms with Crippen molar-refractivity contribution in [3.8, 4) is 0 Å². The summed E-state index contributed by atoms with van der Waals surface area (Å²) >= 11 is 1.77. The average molecular weight is 363 g/mol. The Labute approximate surface area is 149 Å². The smallest absolute Gasteiger partial charge is 0.226 e. The van der Waals surface area contributed by atoms with E-state index in [9.17, 15) is 4.79 Å². The molecule has 0 spiro atoms. The normalized spacial score (nSPS) is 20.4. The number of anilines is 1. The number of amides is 1. The SMILES string of the molecule is CN(Cc1ncon1)C(=O)C1CCc2sc(N3CCOCC3)nc2C1. The number of hydrogen-bond donors (Lipinski definition) is 0. The first kappa shape index (κ1) is 16.5. The Morgan fingerprint density at radius 2 is 2.28 bits per heavy atom. The first-order chi connectivity index (χ1) is 12.2. The van der Waals surface area contributed by atoms with Crippen molar-refractivity contribution >= 4 is 22.4 Å². The number of hydrogen-bond acceptors (Lipinski definition) is 8. The molecule has 2 aromatic rings. The zero-order valence-corrected chi connectivity index (χ0v) is 15.0. The highest BCUT2D eigenvalue weighted by atomic mass is 32.1. The van der Waals surface area contributed by atoms with Gasteiger partial charge in [0.05, 0.1) is 25.5 Å². The van der Waals surface area contributed by atoms with Crippen molar-refractivity contribution in [2.75, 3.05) is 38.3 Å². The molecule has 1 aliphatic carbocycles. The summed E-state index contributed by atoms with van der Waals surface area (Å²) in [7, 11) is 1.79. The maximum atomic E-state index is 12.7. The van der Waals surface area contributed by atoms with Crippen LogP contribution in [0.1, 0.15) is 22.8 Å². The van der Waals surface area contributed by atoms with Crippen LogP contribution < -0.4 is 4.90 Å². The topological polar surface area (TPSA) is 84.6 Å². The van der Waals surface area contributed by atoms with Crippen molar-refractivity contribution in [2.45, 2.75) is 25.8 Å². The monoisotopic (exact) mass is 363 g/mol. The van der Waals surface area contributed by atoms with Crippen LogP contribution in [0.2, 0.25) is 0 Å². The second-order valence-corrected chi connectivity index (χ2v) is 7.51. The number of aromatic nitrogens is 3. The van der Waals surface area contributed by atoms with Gasteiger partial charge in [-0.3, -0.25) is 4.79 Å². The second kappa shape index (κ2) is 7.09. The average Bonchev–Trinajstić information content (AvgIpc) is 3.30. The number of nitrogens with zero attached hydrogens (tertiary/aromatic N) is 5. The molecule has 4 rings (SSSR count). The van der Waals surface area contributed by atoms with Crippen molar-refractivity contribution in [2.24, 2.45) is 5.92 Å². The highest BCUT2D eigenvalue weighted by Crippen LogP contribution is 2.34. The quantitative estimate of drug-likeness (QED) is 0.805. The maximum Gasteiger partial charge on any atom is 0.226 e. The molecule has 0 N–H and O–H groups in total.